The van der Waals surface area contributed by atoms with Gasteiger partial charge in [-0.05, 0) is 0 Å². The van der Waals surface area contributed by atoms with Crippen molar-refractivity contribution in [3.8, 4) is 0 Å². The van der Waals surface area contributed by atoms with Crippen molar-refractivity contribution in [1.29, 1.82) is 0 Å². The van der Waals surface area contributed by atoms with E-state index in [1.54, 1.807) is 0 Å². The van der Waals surface area contributed by atoms with Crippen LogP contribution in [0.15, 0.2) is 0 Å². The molecule has 0 aliphatic heterocycles. The molecule has 0 atom stereocenters. The van der Waals surface area contributed by atoms with Gasteiger partial charge in [0.1, 0.15) is 0 Å². The molecule has 8 N–H and O–H groups in total. The van der Waals surface area contributed by atoms with E-state index in [2.05, 4.69) is 0 Å². The van der Waals surface area contributed by atoms with Gasteiger partial charge in [-0.15, -0.1) is 0 Å². The van der Waals surface area contributed by atoms with Crippen LogP contribution in [0, 0.1) is 0 Å². The van der Waals surface area contributed by atoms with Gasteiger partial charge in [-0.2, -0.15) is 0 Å². The summed E-state index contributed by atoms with van der Waals surface area (Å²) in [4.78, 5) is 0. The minimum absolute atomic E-state index is 0. The molecule has 2 radical (unpaired) electrons. The smallest absolute Gasteiger partial charge is 0 e. The second-order valence-corrected chi connectivity index (χ2v) is 0. The van der Waals surface area contributed by atoms with Crippen molar-refractivity contribution in [1.82, 2.24) is 0 Å². The van der Waals surface area contributed by atoms with Gasteiger partial charge in [0.15, 0.2) is 0 Å². The molecule has 0 aromatic heterocycles. The molecule has 0 aliphatic carbocycles. The summed E-state index contributed by atoms with van der Waals surface area (Å²) in [5.41, 5.74) is 0. The number of rotatable bonds is 0. The number of hydrogen-bond donors (Lipinski definition) is 0. The molecule has 0 saturated heterocycles. The van der Waals surface area contributed by atoms with Gasteiger partial charge in [-0.1, -0.05) is 0 Å². The average molecular weight is 395 g/mol. The van der Waals surface area contributed by atoms with Gasteiger partial charge >= 0.3 is 27.3 Å². The van der Waals surface area contributed by atoms with Crippen molar-refractivity contribution >= 4 is 27.3 Å². The summed E-state index contributed by atoms with van der Waals surface area (Å²) >= 11 is 0. The summed E-state index contributed by atoms with van der Waals surface area (Å²) in [6, 6.07) is 0. The van der Waals surface area contributed by atoms with E-state index in [9.17, 15) is 0 Å². The molecule has 44 valence electrons. The summed E-state index contributed by atoms with van der Waals surface area (Å²) in [6.45, 7) is 0. The molecule has 0 heterocycles. The molecule has 7 heteroatoms. The maximum absolute atomic E-state index is 0. The van der Waals surface area contributed by atoms with Crippen molar-refractivity contribution < 1.29 is 63.1 Å². The first-order valence-corrected chi connectivity index (χ1v) is 0. The van der Waals surface area contributed by atoms with Crippen LogP contribution in [0.25, 0.3) is 0 Å². The van der Waals surface area contributed by atoms with Crippen LogP contribution in [0.3, 0.4) is 0 Å². The van der Waals surface area contributed by atoms with E-state index in [1.165, 1.54) is 0 Å². The molecule has 4 nitrogen and oxygen atoms in total. The van der Waals surface area contributed by atoms with Gasteiger partial charge in [0, 0.05) is 41.2 Å². The van der Waals surface area contributed by atoms with Gasteiger partial charge in [0.05, 0.1) is 0 Å². The second kappa shape index (κ2) is 92.6. The Kier molecular flexibility index (Phi) is 1790. The maximum atomic E-state index is 0. The predicted octanol–water partition coefficient (Wildman–Crippen LogP) is -4.22. The fourth-order valence-corrected chi connectivity index (χ4v) is 0. The van der Waals surface area contributed by atoms with Gasteiger partial charge < -0.3 is 21.9 Å². The molecule has 0 aromatic carbocycles. The van der Waals surface area contributed by atoms with Crippen LogP contribution in [-0.4, -0.2) is 49.2 Å². The van der Waals surface area contributed by atoms with Crippen LogP contribution in [0.4, 0.5) is 0 Å². The molecular formula is H10O4PbTiZn. The Balaban J connectivity index is 0. The molecule has 0 unspecified atom stereocenters. The monoisotopic (exact) mass is 394 g/mol. The first-order valence-electron chi connectivity index (χ1n) is 0. The van der Waals surface area contributed by atoms with Gasteiger partial charge in [0.2, 0.25) is 0 Å². The van der Waals surface area contributed by atoms with Gasteiger partial charge in [-0.25, -0.2) is 0 Å². The molecule has 0 spiro atoms. The minimum atomic E-state index is 0. The summed E-state index contributed by atoms with van der Waals surface area (Å²) in [5, 5.41) is 0. The van der Waals surface area contributed by atoms with Crippen molar-refractivity contribution in [2.45, 2.75) is 0 Å². The molecule has 0 aliphatic rings. The molecule has 0 bridgehead atoms. The third kappa shape index (κ3) is 68.4. The van der Waals surface area contributed by atoms with Crippen LogP contribution in [0.1, 0.15) is 0 Å². The second-order valence-electron chi connectivity index (χ2n) is 0. The summed E-state index contributed by atoms with van der Waals surface area (Å²) in [6.07, 6.45) is 0. The van der Waals surface area contributed by atoms with Crippen molar-refractivity contribution in [3.05, 3.63) is 0 Å². The first-order chi connectivity index (χ1) is 0. The Hall–Kier alpha value is 2.10. The maximum Gasteiger partial charge on any atom is 0 e. The van der Waals surface area contributed by atoms with E-state index in [0.717, 1.165) is 0 Å². The molecule has 0 fully saturated rings. The molecule has 0 saturated carbocycles. The molecule has 0 amide bonds. The van der Waals surface area contributed by atoms with E-state index < -0.39 is 0 Å². The Bertz CT molecular complexity index is 11.7. The van der Waals surface area contributed by atoms with Crippen LogP contribution < -0.4 is 0 Å². The minimum Gasteiger partial charge on any atom is 0 e. The Labute approximate surface area is 89.5 Å². The fourth-order valence-electron chi connectivity index (χ4n) is 0. The zero-order valence-electron chi connectivity index (χ0n) is 3.91. The van der Waals surface area contributed by atoms with Gasteiger partial charge in [0.25, 0.3) is 0 Å². The van der Waals surface area contributed by atoms with Crippen LogP contribution in [0.5, 0.6) is 0 Å². The fraction of sp³-hybridized carbons (Fsp3) is 0. The largest absolute Gasteiger partial charge is 0 e. The van der Waals surface area contributed by atoms with E-state index in [-0.39, 0.29) is 90.4 Å². The predicted molar refractivity (Wildman–Crippen MR) is 23.0 cm³/mol. The summed E-state index contributed by atoms with van der Waals surface area (Å²) in [5.74, 6) is 0. The Morgan fingerprint density at radius 1 is 0.571 bits per heavy atom. The standard InChI is InChI=1S/4H2O.Pb.Ti.Zn.2H/h4*1H2;;;;;. The third-order valence-corrected chi connectivity index (χ3v) is 0. The van der Waals surface area contributed by atoms with E-state index in [1.807, 2.05) is 0 Å². The van der Waals surface area contributed by atoms with Crippen LogP contribution in [0.2, 0.25) is 0 Å². The Morgan fingerprint density at radius 2 is 0.571 bits per heavy atom. The van der Waals surface area contributed by atoms with Crippen molar-refractivity contribution in [2.24, 2.45) is 0 Å². The van der Waals surface area contributed by atoms with E-state index in [4.69, 9.17) is 0 Å². The molecule has 0 rings (SSSR count). The zero-order chi connectivity index (χ0) is 0. The molecule has 0 aromatic rings. The van der Waals surface area contributed by atoms with Crippen molar-refractivity contribution in [2.75, 3.05) is 0 Å². The Morgan fingerprint density at radius 3 is 0.571 bits per heavy atom. The summed E-state index contributed by atoms with van der Waals surface area (Å²) in [7, 11) is 0. The SMILES string of the molecule is O.O.O.O.[PbH2].[Ti].[Zn]. The van der Waals surface area contributed by atoms with Crippen LogP contribution >= 0.6 is 0 Å². The van der Waals surface area contributed by atoms with Gasteiger partial charge in [-0.3, -0.25) is 0 Å². The molecular weight excluding hydrogens is 384 g/mol. The molecule has 7 heavy (non-hydrogen) atoms. The summed E-state index contributed by atoms with van der Waals surface area (Å²) < 4.78 is 0. The average Bonchev–Trinajstić information content (AvgIpc) is 0. The van der Waals surface area contributed by atoms with E-state index >= 15 is 0 Å². The quantitative estimate of drug-likeness (QED) is 0.369. The van der Waals surface area contributed by atoms with E-state index in [0.29, 0.717) is 0 Å². The first kappa shape index (κ1) is 135. The normalized spacial score (nSPS) is 0. The zero-order valence-corrected chi connectivity index (χ0v) is 13.9. The third-order valence-electron chi connectivity index (χ3n) is 0. The van der Waals surface area contributed by atoms with Crippen molar-refractivity contribution in [3.63, 3.8) is 0 Å². The van der Waals surface area contributed by atoms with Crippen LogP contribution in [-0.2, 0) is 41.2 Å². The number of hydrogen-bond acceptors (Lipinski definition) is 0. The topological polar surface area (TPSA) is 126 Å².